The molecular weight excluding hydrogens is 321 g/mol. The van der Waals surface area contributed by atoms with Crippen LogP contribution in [0.5, 0.6) is 0 Å². The molecule has 8 heteroatoms. The van der Waals surface area contributed by atoms with Gasteiger partial charge in [-0.1, -0.05) is 0 Å². The molecule has 5 nitrogen and oxygen atoms in total. The second kappa shape index (κ2) is 7.38. The van der Waals surface area contributed by atoms with Crippen LogP contribution in [0, 0.1) is 0 Å². The van der Waals surface area contributed by atoms with Crippen molar-refractivity contribution >= 4 is 11.7 Å². The molecule has 1 atom stereocenters. The summed E-state index contributed by atoms with van der Waals surface area (Å²) in [4.78, 5) is 20.0. The Bertz CT molecular complexity index is 569. The van der Waals surface area contributed by atoms with Gasteiger partial charge in [0.2, 0.25) is 5.91 Å². The van der Waals surface area contributed by atoms with Gasteiger partial charge in [-0.2, -0.15) is 13.2 Å². The zero-order chi connectivity index (χ0) is 17.9. The number of aromatic nitrogens is 1. The zero-order valence-corrected chi connectivity index (χ0v) is 14.1. The third kappa shape index (κ3) is 4.59. The van der Waals surface area contributed by atoms with Crippen LogP contribution in [0.15, 0.2) is 18.3 Å². The predicted octanol–water partition coefficient (Wildman–Crippen LogP) is 2.14. The number of nitrogens with zero attached hydrogens (tertiary/aromatic N) is 3. The van der Waals surface area contributed by atoms with Gasteiger partial charge >= 0.3 is 6.18 Å². The predicted molar refractivity (Wildman–Crippen MR) is 85.8 cm³/mol. The van der Waals surface area contributed by atoms with Gasteiger partial charge in [-0.3, -0.25) is 9.69 Å². The molecule has 0 aromatic carbocycles. The molecule has 1 aliphatic rings. The number of nitrogens with one attached hydrogen (secondary N) is 1. The molecule has 0 saturated carbocycles. The average molecular weight is 344 g/mol. The van der Waals surface area contributed by atoms with Crippen LogP contribution < -0.4 is 10.2 Å². The monoisotopic (exact) mass is 344 g/mol. The standard InChI is InChI=1S/C16H23F3N4O/c1-11(2)21-15(24)12(3)22-6-8-23(9-7-22)14-10-13(4-5-20-14)16(17,18)19/h4-5,10-12H,6-9H2,1-3H3,(H,21,24)/t12-/m1/s1. The second-order valence-electron chi connectivity index (χ2n) is 6.26. The fourth-order valence-corrected chi connectivity index (χ4v) is 2.68. The van der Waals surface area contributed by atoms with Gasteiger partial charge < -0.3 is 10.2 Å². The van der Waals surface area contributed by atoms with Gasteiger partial charge in [0, 0.05) is 38.4 Å². The van der Waals surface area contributed by atoms with Gasteiger partial charge in [0.15, 0.2) is 0 Å². The van der Waals surface area contributed by atoms with Crippen LogP contribution in [0.25, 0.3) is 0 Å². The summed E-state index contributed by atoms with van der Waals surface area (Å²) in [5.41, 5.74) is -0.695. The van der Waals surface area contributed by atoms with Crippen molar-refractivity contribution in [2.75, 3.05) is 31.1 Å². The molecule has 1 saturated heterocycles. The van der Waals surface area contributed by atoms with Gasteiger partial charge in [0.05, 0.1) is 11.6 Å². The fourth-order valence-electron chi connectivity index (χ4n) is 2.68. The molecular formula is C16H23F3N4O. The minimum atomic E-state index is -4.37. The maximum Gasteiger partial charge on any atom is 0.416 e. The molecule has 0 radical (unpaired) electrons. The average Bonchev–Trinajstić information content (AvgIpc) is 2.53. The highest BCUT2D eigenvalue weighted by Crippen LogP contribution is 2.30. The van der Waals surface area contributed by atoms with E-state index in [4.69, 9.17) is 0 Å². The maximum absolute atomic E-state index is 12.8. The number of amides is 1. The minimum Gasteiger partial charge on any atom is -0.354 e. The summed E-state index contributed by atoms with van der Waals surface area (Å²) in [6.45, 7) is 7.93. The molecule has 24 heavy (non-hydrogen) atoms. The van der Waals surface area contributed by atoms with Crippen molar-refractivity contribution < 1.29 is 18.0 Å². The Morgan fingerprint density at radius 3 is 2.38 bits per heavy atom. The van der Waals surface area contributed by atoms with Gasteiger partial charge in [-0.15, -0.1) is 0 Å². The molecule has 0 unspecified atom stereocenters. The number of hydrogen-bond donors (Lipinski definition) is 1. The summed E-state index contributed by atoms with van der Waals surface area (Å²) in [5.74, 6) is 0.291. The lowest BCUT2D eigenvalue weighted by Gasteiger charge is -2.38. The maximum atomic E-state index is 12.8. The number of hydrogen-bond acceptors (Lipinski definition) is 4. The minimum absolute atomic E-state index is 0.0318. The van der Waals surface area contributed by atoms with E-state index in [0.29, 0.717) is 32.0 Å². The van der Waals surface area contributed by atoms with E-state index in [2.05, 4.69) is 10.3 Å². The van der Waals surface area contributed by atoms with Crippen LogP contribution in [0.3, 0.4) is 0 Å². The molecule has 134 valence electrons. The number of carbonyl (C=O) groups excluding carboxylic acids is 1. The van der Waals surface area contributed by atoms with Crippen LogP contribution in [0.4, 0.5) is 19.0 Å². The first-order valence-corrected chi connectivity index (χ1v) is 8.01. The highest BCUT2D eigenvalue weighted by molar-refractivity contribution is 5.81. The normalized spacial score (nSPS) is 17.9. The third-order valence-corrected chi connectivity index (χ3v) is 4.07. The van der Waals surface area contributed by atoms with Crippen LogP contribution in [-0.2, 0) is 11.0 Å². The lowest BCUT2D eigenvalue weighted by molar-refractivity contribution is -0.137. The smallest absolute Gasteiger partial charge is 0.354 e. The van der Waals surface area contributed by atoms with Crippen LogP contribution in [0.2, 0.25) is 0 Å². The lowest BCUT2D eigenvalue weighted by atomic mass is 10.2. The largest absolute Gasteiger partial charge is 0.416 e. The van der Waals surface area contributed by atoms with Crippen LogP contribution >= 0.6 is 0 Å². The second-order valence-corrected chi connectivity index (χ2v) is 6.26. The quantitative estimate of drug-likeness (QED) is 0.909. The zero-order valence-electron chi connectivity index (χ0n) is 14.1. The highest BCUT2D eigenvalue weighted by Gasteiger charge is 2.32. The number of piperazine rings is 1. The van der Waals surface area contributed by atoms with E-state index in [1.54, 1.807) is 0 Å². The lowest BCUT2D eigenvalue weighted by Crippen LogP contribution is -2.54. The van der Waals surface area contributed by atoms with Crippen molar-refractivity contribution in [3.63, 3.8) is 0 Å². The number of halogens is 3. The summed E-state index contributed by atoms with van der Waals surface area (Å²) in [6.07, 6.45) is -3.19. The Hall–Kier alpha value is -1.83. The highest BCUT2D eigenvalue weighted by atomic mass is 19.4. The van der Waals surface area contributed by atoms with Crippen molar-refractivity contribution in [1.82, 2.24) is 15.2 Å². The Morgan fingerprint density at radius 2 is 1.83 bits per heavy atom. The molecule has 0 bridgehead atoms. The molecule has 2 rings (SSSR count). The molecule has 2 heterocycles. The Balaban J connectivity index is 1.97. The van der Waals surface area contributed by atoms with E-state index in [9.17, 15) is 18.0 Å². The van der Waals surface area contributed by atoms with Crippen molar-refractivity contribution in [3.8, 4) is 0 Å². The number of rotatable bonds is 4. The van der Waals surface area contributed by atoms with E-state index in [0.717, 1.165) is 12.1 Å². The van der Waals surface area contributed by atoms with Crippen LogP contribution in [0.1, 0.15) is 26.3 Å². The fraction of sp³-hybridized carbons (Fsp3) is 0.625. The van der Waals surface area contributed by atoms with E-state index < -0.39 is 11.7 Å². The van der Waals surface area contributed by atoms with E-state index >= 15 is 0 Å². The van der Waals surface area contributed by atoms with Gasteiger partial charge in [-0.25, -0.2) is 4.98 Å². The van der Waals surface area contributed by atoms with Crippen molar-refractivity contribution in [2.45, 2.75) is 39.0 Å². The summed E-state index contributed by atoms with van der Waals surface area (Å²) < 4.78 is 38.4. The van der Waals surface area contributed by atoms with Gasteiger partial charge in [0.25, 0.3) is 0 Å². The molecule has 1 amide bonds. The van der Waals surface area contributed by atoms with Gasteiger partial charge in [-0.05, 0) is 32.9 Å². The molecule has 1 fully saturated rings. The number of pyridine rings is 1. The molecule has 1 aromatic rings. The van der Waals surface area contributed by atoms with E-state index in [1.807, 2.05) is 30.6 Å². The van der Waals surface area contributed by atoms with Gasteiger partial charge in [0.1, 0.15) is 5.82 Å². The van der Waals surface area contributed by atoms with Crippen molar-refractivity contribution in [2.24, 2.45) is 0 Å². The summed E-state index contributed by atoms with van der Waals surface area (Å²) in [6, 6.07) is 1.86. The number of alkyl halides is 3. The molecule has 1 aliphatic heterocycles. The molecule has 0 spiro atoms. The topological polar surface area (TPSA) is 48.5 Å². The third-order valence-electron chi connectivity index (χ3n) is 4.07. The Kier molecular flexibility index (Phi) is 5.69. The summed E-state index contributed by atoms with van der Waals surface area (Å²) in [7, 11) is 0. The molecule has 1 N–H and O–H groups in total. The number of anilines is 1. The summed E-state index contributed by atoms with van der Waals surface area (Å²) in [5, 5.41) is 2.88. The van der Waals surface area contributed by atoms with Crippen molar-refractivity contribution in [3.05, 3.63) is 23.9 Å². The molecule has 0 aliphatic carbocycles. The van der Waals surface area contributed by atoms with E-state index in [-0.39, 0.29) is 18.0 Å². The first-order chi connectivity index (χ1) is 11.2. The van der Waals surface area contributed by atoms with Crippen molar-refractivity contribution in [1.29, 1.82) is 0 Å². The Labute approximate surface area is 139 Å². The SMILES string of the molecule is CC(C)NC(=O)[C@@H](C)N1CCN(c2cc(C(F)(F)F)ccn2)CC1. The number of carbonyl (C=O) groups is 1. The van der Waals surface area contributed by atoms with E-state index in [1.165, 1.54) is 6.20 Å². The summed E-state index contributed by atoms with van der Waals surface area (Å²) >= 11 is 0. The Morgan fingerprint density at radius 1 is 1.21 bits per heavy atom. The first kappa shape index (κ1) is 18.5. The molecule has 1 aromatic heterocycles. The first-order valence-electron chi connectivity index (χ1n) is 8.01. The van der Waals surface area contributed by atoms with Crippen LogP contribution in [-0.4, -0.2) is 54.1 Å².